The van der Waals surface area contributed by atoms with Gasteiger partial charge in [0.05, 0.1) is 5.56 Å². The Morgan fingerprint density at radius 2 is 2.26 bits per heavy atom. The topological polar surface area (TPSA) is 70.3 Å². The molecule has 0 aliphatic carbocycles. The van der Waals surface area contributed by atoms with Crippen LogP contribution in [0.5, 0.6) is 5.75 Å². The summed E-state index contributed by atoms with van der Waals surface area (Å²) in [5, 5.41) is 19.2. The zero-order valence-corrected chi connectivity index (χ0v) is 10.4. The fourth-order valence-electron chi connectivity index (χ4n) is 1.50. The van der Waals surface area contributed by atoms with E-state index in [4.69, 9.17) is 15.1 Å². The minimum atomic E-state index is -1.09. The fraction of sp³-hybridized carbons (Fsp3) is 0.0769. The molecule has 0 aliphatic rings. The molecule has 0 saturated carbocycles. The molecule has 0 spiro atoms. The van der Waals surface area contributed by atoms with Gasteiger partial charge >= 0.3 is 5.97 Å². The number of nitrogens with zero attached hydrogens (tertiary/aromatic N) is 1. The van der Waals surface area contributed by atoms with Crippen LogP contribution >= 0.6 is 11.3 Å². The van der Waals surface area contributed by atoms with Crippen LogP contribution in [0.25, 0.3) is 0 Å². The number of aromatic carboxylic acids is 1. The van der Waals surface area contributed by atoms with Gasteiger partial charge in [-0.1, -0.05) is 12.1 Å². The van der Waals surface area contributed by atoms with Gasteiger partial charge in [-0.3, -0.25) is 0 Å². The van der Waals surface area contributed by atoms with E-state index in [0.717, 1.165) is 11.3 Å². The van der Waals surface area contributed by atoms with Crippen LogP contribution in [-0.4, -0.2) is 11.1 Å². The van der Waals surface area contributed by atoms with Crippen molar-refractivity contribution in [3.05, 3.63) is 51.5 Å². The Kier molecular flexibility index (Phi) is 3.78. The molecule has 0 atom stereocenters. The molecule has 0 fully saturated rings. The third-order valence-electron chi connectivity index (χ3n) is 2.41. The number of carboxylic acid groups (broad SMARTS) is 1. The zero-order chi connectivity index (χ0) is 13.8. The molecular weight excluding hydrogens is 269 g/mol. The molecule has 4 nitrogen and oxygen atoms in total. The van der Waals surface area contributed by atoms with Gasteiger partial charge in [-0.15, -0.1) is 11.3 Å². The SMILES string of the molecule is N#Cc1cccc(COc2ccsc2C(=O)O)c1F. The number of thiophene rings is 1. The van der Waals surface area contributed by atoms with Crippen molar-refractivity contribution in [2.45, 2.75) is 6.61 Å². The van der Waals surface area contributed by atoms with Gasteiger partial charge in [0.25, 0.3) is 0 Å². The quantitative estimate of drug-likeness (QED) is 0.932. The monoisotopic (exact) mass is 277 g/mol. The number of hydrogen-bond donors (Lipinski definition) is 1. The number of rotatable bonds is 4. The smallest absolute Gasteiger partial charge is 0.349 e. The first-order valence-corrected chi connectivity index (χ1v) is 6.12. The van der Waals surface area contributed by atoms with Crippen LogP contribution in [0.2, 0.25) is 0 Å². The first-order valence-electron chi connectivity index (χ1n) is 5.24. The summed E-state index contributed by atoms with van der Waals surface area (Å²) in [7, 11) is 0. The number of benzene rings is 1. The summed E-state index contributed by atoms with van der Waals surface area (Å²) < 4.78 is 19.0. The van der Waals surface area contributed by atoms with Crippen LogP contribution in [-0.2, 0) is 6.61 Å². The van der Waals surface area contributed by atoms with Gasteiger partial charge in [-0.25, -0.2) is 9.18 Å². The number of carboxylic acids is 1. The Morgan fingerprint density at radius 1 is 1.47 bits per heavy atom. The summed E-state index contributed by atoms with van der Waals surface area (Å²) >= 11 is 1.03. The third-order valence-corrected chi connectivity index (χ3v) is 3.29. The molecule has 1 N–H and O–H groups in total. The van der Waals surface area contributed by atoms with Gasteiger partial charge in [0.2, 0.25) is 0 Å². The van der Waals surface area contributed by atoms with Gasteiger partial charge in [0, 0.05) is 5.56 Å². The molecule has 1 heterocycles. The van der Waals surface area contributed by atoms with Crippen molar-refractivity contribution in [3.63, 3.8) is 0 Å². The van der Waals surface area contributed by atoms with Crippen LogP contribution in [0.1, 0.15) is 20.8 Å². The Bertz CT molecular complexity index is 660. The van der Waals surface area contributed by atoms with Crippen LogP contribution < -0.4 is 4.74 Å². The maximum absolute atomic E-state index is 13.7. The first kappa shape index (κ1) is 13.1. The molecule has 1 aromatic carbocycles. The van der Waals surface area contributed by atoms with Gasteiger partial charge in [-0.2, -0.15) is 5.26 Å². The number of nitriles is 1. The van der Waals surface area contributed by atoms with E-state index in [1.165, 1.54) is 18.2 Å². The minimum absolute atomic E-state index is 0.0649. The van der Waals surface area contributed by atoms with Gasteiger partial charge in [0.15, 0.2) is 4.88 Å². The molecule has 0 aliphatic heterocycles. The highest BCUT2D eigenvalue weighted by Crippen LogP contribution is 2.26. The van der Waals surface area contributed by atoms with Crippen LogP contribution in [0.4, 0.5) is 4.39 Å². The first-order chi connectivity index (χ1) is 9.13. The lowest BCUT2D eigenvalue weighted by molar-refractivity contribution is 0.0697. The lowest BCUT2D eigenvalue weighted by atomic mass is 10.1. The van der Waals surface area contributed by atoms with Crippen molar-refractivity contribution >= 4 is 17.3 Å². The van der Waals surface area contributed by atoms with Crippen molar-refractivity contribution in [2.24, 2.45) is 0 Å². The molecule has 0 unspecified atom stereocenters. The maximum atomic E-state index is 13.7. The molecule has 0 amide bonds. The van der Waals surface area contributed by atoms with Gasteiger partial charge in [-0.05, 0) is 17.5 Å². The standard InChI is InChI=1S/C13H8FNO3S/c14-11-8(6-15)2-1-3-9(11)7-18-10-4-5-19-12(10)13(16)17/h1-5H,7H2,(H,16,17). The van der Waals surface area contributed by atoms with Crippen LogP contribution in [0.15, 0.2) is 29.6 Å². The minimum Gasteiger partial charge on any atom is -0.487 e. The maximum Gasteiger partial charge on any atom is 0.349 e. The van der Waals surface area contributed by atoms with Gasteiger partial charge in [0.1, 0.15) is 24.2 Å². The van der Waals surface area contributed by atoms with Crippen molar-refractivity contribution in [1.82, 2.24) is 0 Å². The number of ether oxygens (including phenoxy) is 1. The van der Waals surface area contributed by atoms with E-state index in [9.17, 15) is 9.18 Å². The number of hydrogen-bond acceptors (Lipinski definition) is 4. The Morgan fingerprint density at radius 3 is 2.95 bits per heavy atom. The molecule has 0 radical (unpaired) electrons. The van der Waals surface area contributed by atoms with E-state index in [-0.39, 0.29) is 28.4 Å². The molecule has 0 saturated heterocycles. The van der Waals surface area contributed by atoms with Crippen molar-refractivity contribution in [3.8, 4) is 11.8 Å². The fourth-order valence-corrected chi connectivity index (χ4v) is 2.17. The number of halogens is 1. The summed E-state index contributed by atoms with van der Waals surface area (Å²) in [6.07, 6.45) is 0. The highest BCUT2D eigenvalue weighted by molar-refractivity contribution is 7.12. The Hall–Kier alpha value is -2.39. The molecule has 1 aromatic heterocycles. The summed E-state index contributed by atoms with van der Waals surface area (Å²) in [5.74, 6) is -1.53. The normalized spacial score (nSPS) is 9.89. The van der Waals surface area contributed by atoms with E-state index in [1.54, 1.807) is 17.5 Å². The average Bonchev–Trinajstić information content (AvgIpc) is 2.86. The van der Waals surface area contributed by atoms with Crippen LogP contribution in [0.3, 0.4) is 0 Å². The zero-order valence-electron chi connectivity index (χ0n) is 9.59. The van der Waals surface area contributed by atoms with E-state index >= 15 is 0 Å². The summed E-state index contributed by atoms with van der Waals surface area (Å²) in [4.78, 5) is 10.9. The van der Waals surface area contributed by atoms with Gasteiger partial charge < -0.3 is 9.84 Å². The van der Waals surface area contributed by atoms with Crippen molar-refractivity contribution < 1.29 is 19.0 Å². The summed E-state index contributed by atoms with van der Waals surface area (Å²) in [5.41, 5.74) is 0.145. The Labute approximate surface area is 112 Å². The Balaban J connectivity index is 2.18. The lowest BCUT2D eigenvalue weighted by Crippen LogP contribution is -2.02. The molecule has 19 heavy (non-hydrogen) atoms. The second kappa shape index (κ2) is 5.50. The molecule has 2 aromatic rings. The van der Waals surface area contributed by atoms with Crippen molar-refractivity contribution in [1.29, 1.82) is 5.26 Å². The molecule has 0 bridgehead atoms. The van der Waals surface area contributed by atoms with E-state index in [2.05, 4.69) is 0 Å². The second-order valence-corrected chi connectivity index (χ2v) is 4.51. The third kappa shape index (κ3) is 2.72. The lowest BCUT2D eigenvalue weighted by Gasteiger charge is -2.07. The van der Waals surface area contributed by atoms with E-state index < -0.39 is 11.8 Å². The van der Waals surface area contributed by atoms with Crippen molar-refractivity contribution in [2.75, 3.05) is 0 Å². The van der Waals surface area contributed by atoms with E-state index in [1.807, 2.05) is 0 Å². The largest absolute Gasteiger partial charge is 0.487 e. The molecule has 6 heteroatoms. The predicted molar refractivity (Wildman–Crippen MR) is 66.7 cm³/mol. The van der Waals surface area contributed by atoms with E-state index in [0.29, 0.717) is 0 Å². The highest BCUT2D eigenvalue weighted by Gasteiger charge is 2.14. The second-order valence-electron chi connectivity index (χ2n) is 3.60. The molecular formula is C13H8FNO3S. The molecule has 2 rings (SSSR count). The number of carbonyl (C=O) groups is 1. The summed E-state index contributed by atoms with van der Waals surface area (Å²) in [6, 6.07) is 7.65. The van der Waals surface area contributed by atoms with Crippen LogP contribution in [0, 0.1) is 17.1 Å². The average molecular weight is 277 g/mol. The molecule has 96 valence electrons. The highest BCUT2D eigenvalue weighted by atomic mass is 32.1. The predicted octanol–water partition coefficient (Wildman–Crippen LogP) is 3.04. The summed E-state index contributed by atoms with van der Waals surface area (Å²) in [6.45, 7) is -0.127.